The van der Waals surface area contributed by atoms with E-state index in [0.717, 1.165) is 0 Å². The first kappa shape index (κ1) is 5.97. The van der Waals surface area contributed by atoms with Crippen LogP contribution in [0.2, 0.25) is 0 Å². The molecule has 0 atom stereocenters. The predicted octanol–water partition coefficient (Wildman–Crippen LogP) is 0.876. The highest BCUT2D eigenvalue weighted by molar-refractivity contribution is 5.24. The highest BCUT2D eigenvalue weighted by Crippen LogP contribution is 1.68. The third-order valence-electron chi connectivity index (χ3n) is 0.449. The van der Waals surface area contributed by atoms with Crippen LogP contribution in [-0.4, -0.2) is 13.3 Å². The number of aliphatic imine (C=N–C) groups is 1. The highest BCUT2D eigenvalue weighted by atomic mass is 14.6. The predicted molar refractivity (Wildman–Crippen MR) is 32.4 cm³/mol. The lowest BCUT2D eigenvalue weighted by Gasteiger charge is -1.71. The monoisotopic (exact) mass is 93.1 g/mol. The molecule has 0 aromatic carbocycles. The van der Waals surface area contributed by atoms with E-state index in [1.807, 2.05) is 0 Å². The lowest BCUT2D eigenvalue weighted by molar-refractivity contribution is 1.27. The van der Waals surface area contributed by atoms with Crippen LogP contribution < -0.4 is 0 Å². The molecule has 36 valence electrons. The average molecular weight is 93.1 g/mol. The van der Waals surface area contributed by atoms with Gasteiger partial charge >= 0.3 is 0 Å². The summed E-state index contributed by atoms with van der Waals surface area (Å²) in [6.45, 7) is 3.88. The summed E-state index contributed by atoms with van der Waals surface area (Å²) in [4.78, 5) is 3.54. The SMILES string of the molecule is C#C/C=C/CN=C. The van der Waals surface area contributed by atoms with Crippen molar-refractivity contribution in [3.05, 3.63) is 12.2 Å². The number of hydrogen-bond donors (Lipinski definition) is 0. The van der Waals surface area contributed by atoms with E-state index in [4.69, 9.17) is 6.42 Å². The Morgan fingerprint density at radius 3 is 3.00 bits per heavy atom. The normalized spacial score (nSPS) is 8.43. The Labute approximate surface area is 43.8 Å². The zero-order valence-corrected chi connectivity index (χ0v) is 4.09. The van der Waals surface area contributed by atoms with Crippen LogP contribution in [0.1, 0.15) is 0 Å². The molecule has 0 aromatic rings. The fourth-order valence-electron chi connectivity index (χ4n) is 0.195. The molecule has 0 fully saturated rings. The zero-order valence-electron chi connectivity index (χ0n) is 4.09. The number of allylic oxidation sites excluding steroid dienone is 1. The van der Waals surface area contributed by atoms with Crippen LogP contribution >= 0.6 is 0 Å². The van der Waals surface area contributed by atoms with Crippen LogP contribution in [0.4, 0.5) is 0 Å². The number of terminal acetylenes is 1. The van der Waals surface area contributed by atoms with E-state index in [1.165, 1.54) is 0 Å². The maximum Gasteiger partial charge on any atom is 0.0572 e. The van der Waals surface area contributed by atoms with E-state index in [1.54, 1.807) is 12.2 Å². The molecular weight excluding hydrogens is 86.1 g/mol. The molecule has 0 aliphatic carbocycles. The summed E-state index contributed by atoms with van der Waals surface area (Å²) < 4.78 is 0. The lowest BCUT2D eigenvalue weighted by atomic mass is 10.5. The first-order valence-electron chi connectivity index (χ1n) is 1.95. The van der Waals surface area contributed by atoms with E-state index in [9.17, 15) is 0 Å². The molecule has 0 amide bonds. The Morgan fingerprint density at radius 2 is 2.57 bits per heavy atom. The Bertz CT molecular complexity index is 106. The molecule has 0 radical (unpaired) electrons. The van der Waals surface area contributed by atoms with E-state index in [2.05, 4.69) is 17.6 Å². The maximum atomic E-state index is 4.87. The second-order valence-corrected chi connectivity index (χ2v) is 0.975. The molecule has 7 heavy (non-hydrogen) atoms. The van der Waals surface area contributed by atoms with Crippen LogP contribution in [0, 0.1) is 12.3 Å². The van der Waals surface area contributed by atoms with Crippen molar-refractivity contribution in [3.63, 3.8) is 0 Å². The lowest BCUT2D eigenvalue weighted by Crippen LogP contribution is -1.64. The van der Waals surface area contributed by atoms with Crippen LogP contribution in [-0.2, 0) is 0 Å². The summed E-state index contributed by atoms with van der Waals surface area (Å²) in [7, 11) is 0. The van der Waals surface area contributed by atoms with Gasteiger partial charge in [0, 0.05) is 0 Å². The minimum absolute atomic E-state index is 0.615. The second kappa shape index (κ2) is 4.97. The quantitative estimate of drug-likeness (QED) is 0.355. The van der Waals surface area contributed by atoms with Crippen molar-refractivity contribution in [1.29, 1.82) is 0 Å². The Morgan fingerprint density at radius 1 is 1.86 bits per heavy atom. The molecule has 0 saturated heterocycles. The van der Waals surface area contributed by atoms with E-state index >= 15 is 0 Å². The molecule has 1 nitrogen and oxygen atoms in total. The van der Waals surface area contributed by atoms with Gasteiger partial charge in [-0.15, -0.1) is 6.42 Å². The van der Waals surface area contributed by atoms with E-state index < -0.39 is 0 Å². The average Bonchev–Trinajstić information content (AvgIpc) is 1.69. The van der Waals surface area contributed by atoms with E-state index in [-0.39, 0.29) is 0 Å². The van der Waals surface area contributed by atoms with Gasteiger partial charge in [-0.25, -0.2) is 0 Å². The van der Waals surface area contributed by atoms with E-state index in [0.29, 0.717) is 6.54 Å². The van der Waals surface area contributed by atoms with Crippen LogP contribution in [0.5, 0.6) is 0 Å². The van der Waals surface area contributed by atoms with Crippen molar-refractivity contribution >= 4 is 6.72 Å². The molecule has 0 rings (SSSR count). The van der Waals surface area contributed by atoms with Crippen molar-refractivity contribution in [3.8, 4) is 12.3 Å². The largest absolute Gasteiger partial charge is 0.297 e. The van der Waals surface area contributed by atoms with Crippen LogP contribution in [0.15, 0.2) is 17.1 Å². The Balaban J connectivity index is 3.14. The summed E-state index contributed by atoms with van der Waals surface area (Å²) in [6.07, 6.45) is 8.25. The van der Waals surface area contributed by atoms with Gasteiger partial charge in [0.25, 0.3) is 0 Å². The van der Waals surface area contributed by atoms with Gasteiger partial charge < -0.3 is 0 Å². The van der Waals surface area contributed by atoms with Gasteiger partial charge in [-0.1, -0.05) is 12.0 Å². The topological polar surface area (TPSA) is 12.4 Å². The first-order valence-corrected chi connectivity index (χ1v) is 1.95. The van der Waals surface area contributed by atoms with Gasteiger partial charge in [0.15, 0.2) is 0 Å². The molecule has 0 aliphatic heterocycles. The summed E-state index contributed by atoms with van der Waals surface area (Å²) in [5, 5.41) is 0. The van der Waals surface area contributed by atoms with Gasteiger partial charge in [0.2, 0.25) is 0 Å². The highest BCUT2D eigenvalue weighted by Gasteiger charge is 1.60. The molecule has 0 spiro atoms. The van der Waals surface area contributed by atoms with Crippen LogP contribution in [0.3, 0.4) is 0 Å². The third-order valence-corrected chi connectivity index (χ3v) is 0.449. The molecule has 0 aliphatic rings. The number of nitrogens with zero attached hydrogens (tertiary/aromatic N) is 1. The molecule has 0 heterocycles. The Hall–Kier alpha value is -1.03. The van der Waals surface area contributed by atoms with Gasteiger partial charge in [-0.2, -0.15) is 0 Å². The molecule has 0 saturated carbocycles. The standard InChI is InChI=1S/C6H7N/c1-3-4-5-6-7-2/h1,4-5H,2,6H2/b5-4+. The number of hydrogen-bond acceptors (Lipinski definition) is 1. The molecule has 0 aromatic heterocycles. The van der Waals surface area contributed by atoms with Crippen molar-refractivity contribution < 1.29 is 0 Å². The van der Waals surface area contributed by atoms with Gasteiger partial charge in [0.1, 0.15) is 0 Å². The van der Waals surface area contributed by atoms with Crippen molar-refractivity contribution in [2.75, 3.05) is 6.54 Å². The van der Waals surface area contributed by atoms with Crippen molar-refractivity contribution in [1.82, 2.24) is 0 Å². The summed E-state index contributed by atoms with van der Waals surface area (Å²) in [5.41, 5.74) is 0. The molecule has 0 unspecified atom stereocenters. The molecule has 1 heteroatoms. The number of rotatable bonds is 2. The van der Waals surface area contributed by atoms with Crippen LogP contribution in [0.25, 0.3) is 0 Å². The smallest absolute Gasteiger partial charge is 0.0572 e. The van der Waals surface area contributed by atoms with Crippen molar-refractivity contribution in [2.24, 2.45) is 4.99 Å². The second-order valence-electron chi connectivity index (χ2n) is 0.975. The van der Waals surface area contributed by atoms with Gasteiger partial charge in [-0.05, 0) is 12.8 Å². The minimum Gasteiger partial charge on any atom is -0.297 e. The third kappa shape index (κ3) is 4.97. The van der Waals surface area contributed by atoms with Crippen molar-refractivity contribution in [2.45, 2.75) is 0 Å². The van der Waals surface area contributed by atoms with Gasteiger partial charge in [0.05, 0.1) is 6.54 Å². The molecular formula is C6H7N. The molecule has 0 bridgehead atoms. The minimum atomic E-state index is 0.615. The fraction of sp³-hybridized carbons (Fsp3) is 0.167. The summed E-state index contributed by atoms with van der Waals surface area (Å²) >= 11 is 0. The summed E-state index contributed by atoms with van der Waals surface area (Å²) in [6, 6.07) is 0. The Kier molecular flexibility index (Phi) is 4.24. The first-order chi connectivity index (χ1) is 3.41. The maximum absolute atomic E-state index is 4.87. The summed E-state index contributed by atoms with van der Waals surface area (Å²) in [5.74, 6) is 2.33. The van der Waals surface area contributed by atoms with Gasteiger partial charge in [-0.3, -0.25) is 4.99 Å². The zero-order chi connectivity index (χ0) is 5.54. The molecule has 0 N–H and O–H groups in total. The fourth-order valence-corrected chi connectivity index (χ4v) is 0.195.